The predicted octanol–water partition coefficient (Wildman–Crippen LogP) is 4.59. The minimum atomic E-state index is -1.24. The Morgan fingerprint density at radius 2 is 1.57 bits per heavy atom. The number of benzene rings is 3. The molecule has 1 aliphatic rings. The number of hydrogen-bond acceptors (Lipinski definition) is 3. The number of hydrogen-bond donors (Lipinski definition) is 1. The van der Waals surface area contributed by atoms with E-state index >= 15 is 0 Å². The van der Waals surface area contributed by atoms with Crippen LogP contribution in [-0.2, 0) is 16.9 Å². The Labute approximate surface area is 174 Å². The van der Waals surface area contributed by atoms with Crippen LogP contribution in [0, 0.1) is 0 Å². The van der Waals surface area contributed by atoms with Crippen LogP contribution in [0.15, 0.2) is 89.4 Å². The van der Waals surface area contributed by atoms with Gasteiger partial charge in [0, 0.05) is 29.7 Å². The molecule has 3 nitrogen and oxygen atoms in total. The first kappa shape index (κ1) is 19.3. The van der Waals surface area contributed by atoms with Gasteiger partial charge < -0.3 is 9.84 Å². The highest BCUT2D eigenvalue weighted by atomic mass is 79.9. The first-order chi connectivity index (χ1) is 13.7. The molecule has 1 heterocycles. The second kappa shape index (κ2) is 8.58. The summed E-state index contributed by atoms with van der Waals surface area (Å²) in [5.41, 5.74) is 1.70. The smallest absolute Gasteiger partial charge is 0.143 e. The van der Waals surface area contributed by atoms with E-state index in [1.807, 2.05) is 60.7 Å². The highest BCUT2D eigenvalue weighted by Crippen LogP contribution is 2.39. The first-order valence-electron chi connectivity index (χ1n) is 9.58. The van der Waals surface area contributed by atoms with Crippen LogP contribution >= 0.6 is 15.9 Å². The van der Waals surface area contributed by atoms with Gasteiger partial charge in [0.15, 0.2) is 0 Å². The molecule has 3 aromatic carbocycles. The molecule has 1 fully saturated rings. The number of nitrogens with zero attached hydrogens (tertiary/aromatic N) is 1. The van der Waals surface area contributed by atoms with E-state index < -0.39 is 5.60 Å². The molecule has 0 radical (unpaired) electrons. The normalized spacial score (nSPS) is 19.9. The van der Waals surface area contributed by atoms with E-state index in [0.717, 1.165) is 28.7 Å². The third kappa shape index (κ3) is 3.91. The van der Waals surface area contributed by atoms with Crippen LogP contribution in [0.3, 0.4) is 0 Å². The van der Waals surface area contributed by atoms with Crippen molar-refractivity contribution in [2.75, 3.05) is 19.7 Å². The zero-order valence-corrected chi connectivity index (χ0v) is 17.3. The molecule has 1 N–H and O–H groups in total. The summed E-state index contributed by atoms with van der Waals surface area (Å²) >= 11 is 3.64. The Balaban J connectivity index is 1.68. The second-order valence-corrected chi connectivity index (χ2v) is 8.05. The van der Waals surface area contributed by atoms with E-state index in [2.05, 4.69) is 45.1 Å². The molecule has 0 bridgehead atoms. The molecule has 0 amide bonds. The first-order valence-corrected chi connectivity index (χ1v) is 10.4. The summed E-state index contributed by atoms with van der Waals surface area (Å²) in [7, 11) is 0. The SMILES string of the molecule is OC(c1ccccc1)(c1ccccc1Br)[C@@H]1CN(Cc2ccccc2)CCO1. The van der Waals surface area contributed by atoms with Crippen LogP contribution in [0.1, 0.15) is 16.7 Å². The minimum Gasteiger partial charge on any atom is -0.378 e. The summed E-state index contributed by atoms with van der Waals surface area (Å²) in [5.74, 6) is 0. The Bertz CT molecular complexity index is 903. The molecule has 2 atom stereocenters. The summed E-state index contributed by atoms with van der Waals surface area (Å²) in [4.78, 5) is 2.36. The molecule has 4 heteroatoms. The van der Waals surface area contributed by atoms with Gasteiger partial charge in [0.25, 0.3) is 0 Å². The predicted molar refractivity (Wildman–Crippen MR) is 115 cm³/mol. The van der Waals surface area contributed by atoms with Gasteiger partial charge in [-0.2, -0.15) is 0 Å². The zero-order chi connectivity index (χ0) is 19.4. The van der Waals surface area contributed by atoms with Crippen molar-refractivity contribution in [1.82, 2.24) is 4.90 Å². The van der Waals surface area contributed by atoms with E-state index in [9.17, 15) is 5.11 Å². The molecule has 4 rings (SSSR count). The topological polar surface area (TPSA) is 32.7 Å². The molecule has 144 valence electrons. The lowest BCUT2D eigenvalue weighted by Crippen LogP contribution is -2.53. The molecule has 1 unspecified atom stereocenters. The number of halogens is 1. The van der Waals surface area contributed by atoms with Gasteiger partial charge in [-0.15, -0.1) is 0 Å². The van der Waals surface area contributed by atoms with Gasteiger partial charge >= 0.3 is 0 Å². The number of rotatable bonds is 5. The van der Waals surface area contributed by atoms with Crippen LogP contribution in [0.2, 0.25) is 0 Å². The monoisotopic (exact) mass is 437 g/mol. The van der Waals surface area contributed by atoms with Gasteiger partial charge in [0.1, 0.15) is 11.7 Å². The average Bonchev–Trinajstić information content (AvgIpc) is 2.75. The summed E-state index contributed by atoms with van der Waals surface area (Å²) in [6, 6.07) is 28.1. The fraction of sp³-hybridized carbons (Fsp3) is 0.250. The third-order valence-corrected chi connectivity index (χ3v) is 6.06. The second-order valence-electron chi connectivity index (χ2n) is 7.19. The molecule has 3 aromatic rings. The molecule has 1 saturated heterocycles. The van der Waals surface area contributed by atoms with E-state index in [4.69, 9.17) is 4.74 Å². The lowest BCUT2D eigenvalue weighted by molar-refractivity contribution is -0.131. The van der Waals surface area contributed by atoms with Crippen molar-refractivity contribution in [3.8, 4) is 0 Å². The number of morpholine rings is 1. The van der Waals surface area contributed by atoms with Crippen molar-refractivity contribution in [2.24, 2.45) is 0 Å². The number of aliphatic hydroxyl groups is 1. The van der Waals surface area contributed by atoms with Crippen molar-refractivity contribution in [1.29, 1.82) is 0 Å². The van der Waals surface area contributed by atoms with Gasteiger partial charge in [-0.3, -0.25) is 4.90 Å². The lowest BCUT2D eigenvalue weighted by Gasteiger charge is -2.43. The van der Waals surface area contributed by atoms with Crippen molar-refractivity contribution in [3.63, 3.8) is 0 Å². The maximum Gasteiger partial charge on any atom is 0.143 e. The molecular weight excluding hydrogens is 414 g/mol. The van der Waals surface area contributed by atoms with Crippen molar-refractivity contribution < 1.29 is 9.84 Å². The van der Waals surface area contributed by atoms with E-state index in [-0.39, 0.29) is 6.10 Å². The summed E-state index contributed by atoms with van der Waals surface area (Å²) in [6.07, 6.45) is -0.369. The molecule has 0 spiro atoms. The summed E-state index contributed by atoms with van der Waals surface area (Å²) in [6.45, 7) is 2.95. The van der Waals surface area contributed by atoms with E-state index in [1.54, 1.807) is 0 Å². The molecule has 0 aliphatic carbocycles. The highest BCUT2D eigenvalue weighted by molar-refractivity contribution is 9.10. The maximum atomic E-state index is 12.1. The molecule has 28 heavy (non-hydrogen) atoms. The maximum absolute atomic E-state index is 12.1. The van der Waals surface area contributed by atoms with Crippen LogP contribution in [-0.4, -0.2) is 35.8 Å². The average molecular weight is 438 g/mol. The zero-order valence-electron chi connectivity index (χ0n) is 15.7. The lowest BCUT2D eigenvalue weighted by atomic mass is 9.81. The van der Waals surface area contributed by atoms with Crippen LogP contribution in [0.25, 0.3) is 0 Å². The van der Waals surface area contributed by atoms with Gasteiger partial charge in [0.05, 0.1) is 6.61 Å². The largest absolute Gasteiger partial charge is 0.378 e. The molecule has 0 saturated carbocycles. The summed E-state index contributed by atoms with van der Waals surface area (Å²) < 4.78 is 7.04. The minimum absolute atomic E-state index is 0.369. The van der Waals surface area contributed by atoms with Crippen LogP contribution in [0.4, 0.5) is 0 Å². The van der Waals surface area contributed by atoms with Gasteiger partial charge in [-0.05, 0) is 17.2 Å². The van der Waals surface area contributed by atoms with Gasteiger partial charge in [-0.1, -0.05) is 94.8 Å². The Morgan fingerprint density at radius 3 is 2.29 bits per heavy atom. The third-order valence-electron chi connectivity index (χ3n) is 5.36. The summed E-state index contributed by atoms with van der Waals surface area (Å²) in [5, 5.41) is 12.1. The molecule has 1 aliphatic heterocycles. The Hall–Kier alpha value is -1.98. The fourth-order valence-electron chi connectivity index (χ4n) is 3.92. The highest BCUT2D eigenvalue weighted by Gasteiger charge is 2.44. The fourth-order valence-corrected chi connectivity index (χ4v) is 4.50. The van der Waals surface area contributed by atoms with E-state index in [0.29, 0.717) is 13.2 Å². The Kier molecular flexibility index (Phi) is 5.93. The standard InChI is InChI=1S/C24H24BrNO2/c25-22-14-8-7-13-21(22)24(27,20-11-5-2-6-12-20)23-18-26(15-16-28-23)17-19-9-3-1-4-10-19/h1-14,23,27H,15-18H2/t23-,24?/m0/s1. The van der Waals surface area contributed by atoms with Crippen molar-refractivity contribution in [2.45, 2.75) is 18.2 Å². The molecular formula is C24H24BrNO2. The van der Waals surface area contributed by atoms with Crippen molar-refractivity contribution >= 4 is 15.9 Å². The molecule has 0 aromatic heterocycles. The van der Waals surface area contributed by atoms with E-state index in [1.165, 1.54) is 5.56 Å². The number of ether oxygens (including phenoxy) is 1. The van der Waals surface area contributed by atoms with Crippen LogP contribution < -0.4 is 0 Å². The van der Waals surface area contributed by atoms with Gasteiger partial charge in [-0.25, -0.2) is 0 Å². The van der Waals surface area contributed by atoms with Crippen molar-refractivity contribution in [3.05, 3.63) is 106 Å². The quantitative estimate of drug-likeness (QED) is 0.633. The van der Waals surface area contributed by atoms with Gasteiger partial charge in [0.2, 0.25) is 0 Å². The van der Waals surface area contributed by atoms with Crippen LogP contribution in [0.5, 0.6) is 0 Å². The Morgan fingerprint density at radius 1 is 0.929 bits per heavy atom.